The molecule has 1 aromatic carbocycles. The van der Waals surface area contributed by atoms with E-state index in [1.807, 2.05) is 26.0 Å². The number of carbonyl (C=O) groups is 1. The van der Waals surface area contributed by atoms with E-state index in [9.17, 15) is 13.2 Å². The Morgan fingerprint density at radius 3 is 2.59 bits per heavy atom. The molecule has 1 aliphatic rings. The summed E-state index contributed by atoms with van der Waals surface area (Å²) in [6.45, 7) is 5.70. The van der Waals surface area contributed by atoms with E-state index in [-0.39, 0.29) is 18.2 Å². The van der Waals surface area contributed by atoms with Gasteiger partial charge in [0, 0.05) is 30.4 Å². The zero-order valence-corrected chi connectivity index (χ0v) is 17.3. The molecule has 6 nitrogen and oxygen atoms in total. The first-order valence-electron chi connectivity index (χ1n) is 8.60. The number of rotatable bonds is 5. The minimum atomic E-state index is -3.30. The molecule has 0 unspecified atom stereocenters. The molecule has 1 aliphatic heterocycles. The van der Waals surface area contributed by atoms with Crippen LogP contribution >= 0.6 is 11.6 Å². The van der Waals surface area contributed by atoms with Crippen LogP contribution in [-0.2, 0) is 22.1 Å². The smallest absolute Gasteiger partial charge is 0.259 e. The Balaban J connectivity index is 1.97. The molecule has 0 atom stereocenters. The maximum atomic E-state index is 13.0. The molecule has 27 heavy (non-hydrogen) atoms. The Bertz CT molecular complexity index is 1010. The van der Waals surface area contributed by atoms with E-state index in [4.69, 9.17) is 11.6 Å². The Labute approximate surface area is 164 Å². The molecule has 144 valence electrons. The highest BCUT2D eigenvalue weighted by molar-refractivity contribution is 7.89. The molecule has 0 bridgehead atoms. The van der Waals surface area contributed by atoms with E-state index in [1.54, 1.807) is 36.4 Å². The van der Waals surface area contributed by atoms with Crippen molar-refractivity contribution in [3.8, 4) is 0 Å². The number of benzene rings is 1. The van der Waals surface area contributed by atoms with E-state index < -0.39 is 15.6 Å². The summed E-state index contributed by atoms with van der Waals surface area (Å²) in [5.41, 5.74) is 2.21. The number of sulfonamides is 1. The molecule has 1 aromatic heterocycles. The van der Waals surface area contributed by atoms with Crippen molar-refractivity contribution in [1.82, 2.24) is 9.29 Å². The van der Waals surface area contributed by atoms with Crippen molar-refractivity contribution in [3.63, 3.8) is 0 Å². The van der Waals surface area contributed by atoms with Gasteiger partial charge in [0.1, 0.15) is 0 Å². The average molecular weight is 408 g/mol. The quantitative estimate of drug-likeness (QED) is 0.761. The monoisotopic (exact) mass is 407 g/mol. The molecule has 1 amide bonds. The van der Waals surface area contributed by atoms with Gasteiger partial charge in [0.05, 0.1) is 23.2 Å². The first-order chi connectivity index (χ1) is 12.6. The molecule has 0 saturated carbocycles. The minimum absolute atomic E-state index is 0.0321. The fourth-order valence-corrected chi connectivity index (χ4v) is 4.36. The van der Waals surface area contributed by atoms with Crippen LogP contribution in [0.25, 0.3) is 0 Å². The number of hydrogen-bond donors (Lipinski definition) is 0. The van der Waals surface area contributed by atoms with Gasteiger partial charge < -0.3 is 0 Å². The third kappa shape index (κ3) is 3.47. The van der Waals surface area contributed by atoms with E-state index in [2.05, 4.69) is 4.98 Å². The summed E-state index contributed by atoms with van der Waals surface area (Å²) in [6.07, 6.45) is 3.23. The van der Waals surface area contributed by atoms with E-state index in [1.165, 1.54) is 11.4 Å². The number of carbonyl (C=O) groups excluding carboxylic acids is 1. The maximum Gasteiger partial charge on any atom is 0.259 e. The molecule has 0 N–H and O–H groups in total. The van der Waals surface area contributed by atoms with Crippen LogP contribution < -0.4 is 4.90 Å². The van der Waals surface area contributed by atoms with Crippen molar-refractivity contribution in [3.05, 3.63) is 58.4 Å². The van der Waals surface area contributed by atoms with Crippen LogP contribution in [-0.4, -0.2) is 36.4 Å². The van der Waals surface area contributed by atoms with Crippen molar-refractivity contribution < 1.29 is 13.2 Å². The van der Waals surface area contributed by atoms with Gasteiger partial charge in [-0.25, -0.2) is 12.7 Å². The number of fused-ring (bicyclic) bond motifs is 1. The normalized spacial score (nSPS) is 16.1. The largest absolute Gasteiger partial charge is 0.297 e. The molecule has 0 aliphatic carbocycles. The van der Waals surface area contributed by atoms with Crippen LogP contribution in [0.2, 0.25) is 5.02 Å². The van der Waals surface area contributed by atoms with E-state index >= 15 is 0 Å². The lowest BCUT2D eigenvalue weighted by atomic mass is 9.93. The van der Waals surface area contributed by atoms with Crippen molar-refractivity contribution in [2.24, 2.45) is 0 Å². The number of anilines is 1. The summed E-state index contributed by atoms with van der Waals surface area (Å²) in [4.78, 5) is 18.9. The first kappa shape index (κ1) is 19.8. The lowest BCUT2D eigenvalue weighted by Gasteiger charge is -2.32. The lowest BCUT2D eigenvalue weighted by Crippen LogP contribution is -2.39. The summed E-state index contributed by atoms with van der Waals surface area (Å²) in [7, 11) is -1.76. The number of hydrogen-bond acceptors (Lipinski definition) is 4. The van der Waals surface area contributed by atoms with E-state index in [0.29, 0.717) is 21.8 Å². The Hall–Kier alpha value is -1.96. The van der Waals surface area contributed by atoms with Crippen LogP contribution in [0, 0.1) is 0 Å². The first-order valence-corrected chi connectivity index (χ1v) is 10.6. The topological polar surface area (TPSA) is 70.6 Å². The standard InChI is InChI=1S/C19H22ClN3O3S/c1-5-27(25,26)22(4)12-13-8-15(11-21-10-13)23-18(24)16-7-6-14(20)9-17(16)19(23,2)3/h6-11H,5,12H2,1-4H3. The molecule has 2 heterocycles. The summed E-state index contributed by atoms with van der Waals surface area (Å²) in [5.74, 6) is -0.0928. The van der Waals surface area contributed by atoms with Crippen molar-refractivity contribution in [2.45, 2.75) is 32.9 Å². The second kappa shape index (κ2) is 6.89. The summed E-state index contributed by atoms with van der Waals surface area (Å²) in [5, 5.41) is 0.578. The van der Waals surface area contributed by atoms with Crippen molar-refractivity contribution in [1.29, 1.82) is 0 Å². The highest BCUT2D eigenvalue weighted by atomic mass is 35.5. The number of nitrogens with zero attached hydrogens (tertiary/aromatic N) is 3. The van der Waals surface area contributed by atoms with Crippen LogP contribution in [0.1, 0.15) is 42.3 Å². The van der Waals surface area contributed by atoms with Gasteiger partial charge in [0.2, 0.25) is 10.0 Å². The lowest BCUT2D eigenvalue weighted by molar-refractivity contribution is 0.0982. The van der Waals surface area contributed by atoms with Gasteiger partial charge in [-0.3, -0.25) is 14.7 Å². The Morgan fingerprint density at radius 1 is 1.22 bits per heavy atom. The van der Waals surface area contributed by atoms with Gasteiger partial charge in [0.25, 0.3) is 5.91 Å². The van der Waals surface area contributed by atoms with Crippen molar-refractivity contribution >= 4 is 33.2 Å². The third-order valence-corrected chi connectivity index (χ3v) is 6.96. The molecular formula is C19H22ClN3O3S. The fourth-order valence-electron chi connectivity index (χ4n) is 3.40. The molecule has 2 aromatic rings. The number of aromatic nitrogens is 1. The second-order valence-corrected chi connectivity index (χ2v) is 9.90. The molecular weight excluding hydrogens is 386 g/mol. The summed E-state index contributed by atoms with van der Waals surface area (Å²) < 4.78 is 25.3. The third-order valence-electron chi connectivity index (χ3n) is 4.92. The average Bonchev–Trinajstić information content (AvgIpc) is 2.80. The van der Waals surface area contributed by atoms with Gasteiger partial charge in [-0.2, -0.15) is 0 Å². The van der Waals surface area contributed by atoms with Crippen LogP contribution in [0.5, 0.6) is 0 Å². The number of amides is 1. The van der Waals surface area contributed by atoms with Gasteiger partial charge in [0.15, 0.2) is 0 Å². The zero-order chi connectivity index (χ0) is 20.0. The zero-order valence-electron chi connectivity index (χ0n) is 15.7. The van der Waals surface area contributed by atoms with Gasteiger partial charge >= 0.3 is 0 Å². The molecule has 8 heteroatoms. The van der Waals surface area contributed by atoms with Gasteiger partial charge in [-0.05, 0) is 56.2 Å². The molecule has 0 fully saturated rings. The van der Waals surface area contributed by atoms with Crippen LogP contribution in [0.4, 0.5) is 5.69 Å². The Kier molecular flexibility index (Phi) is 5.05. The fraction of sp³-hybridized carbons (Fsp3) is 0.368. The molecule has 0 saturated heterocycles. The number of halogens is 1. The van der Waals surface area contributed by atoms with E-state index in [0.717, 1.165) is 5.56 Å². The molecule has 0 radical (unpaired) electrons. The highest BCUT2D eigenvalue weighted by Gasteiger charge is 2.44. The predicted molar refractivity (Wildman–Crippen MR) is 106 cm³/mol. The van der Waals surface area contributed by atoms with Crippen LogP contribution in [0.3, 0.4) is 0 Å². The highest BCUT2D eigenvalue weighted by Crippen LogP contribution is 2.42. The molecule has 3 rings (SSSR count). The van der Waals surface area contributed by atoms with Crippen molar-refractivity contribution in [2.75, 3.05) is 17.7 Å². The van der Waals surface area contributed by atoms with Crippen LogP contribution in [0.15, 0.2) is 36.7 Å². The maximum absolute atomic E-state index is 13.0. The predicted octanol–water partition coefficient (Wildman–Crippen LogP) is 3.41. The summed E-state index contributed by atoms with van der Waals surface area (Å²) >= 11 is 6.13. The number of pyridine rings is 1. The Morgan fingerprint density at radius 2 is 1.93 bits per heavy atom. The molecule has 0 spiro atoms. The van der Waals surface area contributed by atoms with Gasteiger partial charge in [-0.1, -0.05) is 11.6 Å². The summed E-state index contributed by atoms with van der Waals surface area (Å²) in [6, 6.07) is 7.06. The van der Waals surface area contributed by atoms with Gasteiger partial charge in [-0.15, -0.1) is 0 Å². The SMILES string of the molecule is CCS(=O)(=O)N(C)Cc1cncc(N2C(=O)c3ccc(Cl)cc3C2(C)C)c1. The second-order valence-electron chi connectivity index (χ2n) is 7.10. The minimum Gasteiger partial charge on any atom is -0.297 e.